The van der Waals surface area contributed by atoms with Crippen LogP contribution in [0.1, 0.15) is 24.8 Å². The Morgan fingerprint density at radius 2 is 2.24 bits per heavy atom. The number of aromatic nitrogens is 1. The molecule has 0 amide bonds. The Bertz CT molecular complexity index is 359. The van der Waals surface area contributed by atoms with E-state index < -0.39 is 0 Å². The molecule has 1 heterocycles. The third-order valence-corrected chi connectivity index (χ3v) is 3.97. The minimum atomic E-state index is 0.322. The molecule has 1 saturated carbocycles. The summed E-state index contributed by atoms with van der Waals surface area (Å²) >= 11 is 6.03. The van der Waals surface area contributed by atoms with Crippen molar-refractivity contribution in [3.05, 3.63) is 29.0 Å². The molecule has 1 aliphatic rings. The highest BCUT2D eigenvalue weighted by atomic mass is 35.5. The normalized spacial score (nSPS) is 24.1. The fourth-order valence-corrected chi connectivity index (χ4v) is 2.75. The van der Waals surface area contributed by atoms with Gasteiger partial charge in [0.25, 0.3) is 0 Å². The van der Waals surface area contributed by atoms with Crippen molar-refractivity contribution in [3.63, 3.8) is 0 Å². The standard InChI is InChI=1S/C13H19ClN2O/c14-13-8-15-5-4-11(13)7-16-6-10-2-1-3-12(10)9-17/h4-5,8,10,12,16-17H,1-3,6-7,9H2. The summed E-state index contributed by atoms with van der Waals surface area (Å²) in [6, 6.07) is 1.94. The second-order valence-electron chi connectivity index (χ2n) is 4.73. The first-order chi connectivity index (χ1) is 8.31. The second kappa shape index (κ2) is 6.34. The van der Waals surface area contributed by atoms with Gasteiger partial charge in [-0.2, -0.15) is 0 Å². The molecule has 1 fully saturated rings. The van der Waals surface area contributed by atoms with E-state index in [-0.39, 0.29) is 0 Å². The number of hydrogen-bond donors (Lipinski definition) is 2. The molecule has 1 aromatic heterocycles. The van der Waals surface area contributed by atoms with E-state index >= 15 is 0 Å². The molecule has 0 bridgehead atoms. The maximum absolute atomic E-state index is 9.24. The first-order valence-corrected chi connectivity index (χ1v) is 6.59. The lowest BCUT2D eigenvalue weighted by Gasteiger charge is -2.18. The van der Waals surface area contributed by atoms with Gasteiger partial charge in [-0.3, -0.25) is 4.98 Å². The van der Waals surface area contributed by atoms with Gasteiger partial charge in [-0.25, -0.2) is 0 Å². The van der Waals surface area contributed by atoms with E-state index in [1.807, 2.05) is 6.07 Å². The van der Waals surface area contributed by atoms with E-state index in [0.29, 0.717) is 23.5 Å². The average molecular weight is 255 g/mol. The molecule has 0 spiro atoms. The first-order valence-electron chi connectivity index (χ1n) is 6.21. The number of nitrogens with one attached hydrogen (secondary N) is 1. The lowest BCUT2D eigenvalue weighted by molar-refractivity contribution is 0.192. The number of nitrogens with zero attached hydrogens (tertiary/aromatic N) is 1. The quantitative estimate of drug-likeness (QED) is 0.847. The maximum Gasteiger partial charge on any atom is 0.0634 e. The smallest absolute Gasteiger partial charge is 0.0634 e. The summed E-state index contributed by atoms with van der Waals surface area (Å²) in [5.41, 5.74) is 1.08. The highest BCUT2D eigenvalue weighted by Crippen LogP contribution is 2.30. The fraction of sp³-hybridized carbons (Fsp3) is 0.615. The first kappa shape index (κ1) is 12.8. The third-order valence-electron chi connectivity index (χ3n) is 3.63. The molecular weight excluding hydrogens is 236 g/mol. The predicted molar refractivity (Wildman–Crippen MR) is 68.9 cm³/mol. The number of pyridine rings is 1. The summed E-state index contributed by atoms with van der Waals surface area (Å²) in [6.07, 6.45) is 7.06. The molecule has 4 heteroatoms. The minimum Gasteiger partial charge on any atom is -0.396 e. The van der Waals surface area contributed by atoms with Crippen LogP contribution in [0, 0.1) is 11.8 Å². The Labute approximate surface area is 107 Å². The van der Waals surface area contributed by atoms with E-state index in [1.54, 1.807) is 12.4 Å². The van der Waals surface area contributed by atoms with Crippen LogP contribution in [-0.4, -0.2) is 23.2 Å². The van der Waals surface area contributed by atoms with Crippen LogP contribution in [0.4, 0.5) is 0 Å². The monoisotopic (exact) mass is 254 g/mol. The molecule has 2 N–H and O–H groups in total. The number of rotatable bonds is 5. The molecular formula is C13H19ClN2O. The van der Waals surface area contributed by atoms with Crippen molar-refractivity contribution in [2.45, 2.75) is 25.8 Å². The lowest BCUT2D eigenvalue weighted by atomic mass is 9.97. The molecule has 0 radical (unpaired) electrons. The van der Waals surface area contributed by atoms with Crippen LogP contribution >= 0.6 is 11.6 Å². The van der Waals surface area contributed by atoms with E-state index in [9.17, 15) is 5.11 Å². The predicted octanol–water partition coefficient (Wildman–Crippen LogP) is 2.23. The highest BCUT2D eigenvalue weighted by molar-refractivity contribution is 6.31. The fourth-order valence-electron chi connectivity index (χ4n) is 2.56. The Hall–Kier alpha value is -0.640. The van der Waals surface area contributed by atoms with Gasteiger partial charge in [0.15, 0.2) is 0 Å². The third kappa shape index (κ3) is 3.41. The van der Waals surface area contributed by atoms with Crippen molar-refractivity contribution >= 4 is 11.6 Å². The minimum absolute atomic E-state index is 0.322. The SMILES string of the molecule is OCC1CCCC1CNCc1ccncc1Cl. The topological polar surface area (TPSA) is 45.1 Å². The Morgan fingerprint density at radius 1 is 1.41 bits per heavy atom. The molecule has 2 atom stereocenters. The summed E-state index contributed by atoms with van der Waals surface area (Å²) in [7, 11) is 0. The molecule has 0 aromatic carbocycles. The van der Waals surface area contributed by atoms with Crippen LogP contribution in [-0.2, 0) is 6.54 Å². The van der Waals surface area contributed by atoms with Crippen molar-refractivity contribution in [1.82, 2.24) is 10.3 Å². The summed E-state index contributed by atoms with van der Waals surface area (Å²) in [5.74, 6) is 1.09. The van der Waals surface area contributed by atoms with E-state index in [4.69, 9.17) is 11.6 Å². The van der Waals surface area contributed by atoms with Gasteiger partial charge in [0.2, 0.25) is 0 Å². The molecule has 17 heavy (non-hydrogen) atoms. The zero-order valence-corrected chi connectivity index (χ0v) is 10.7. The van der Waals surface area contributed by atoms with Crippen molar-refractivity contribution in [2.75, 3.05) is 13.2 Å². The van der Waals surface area contributed by atoms with Crippen LogP contribution in [0.5, 0.6) is 0 Å². The van der Waals surface area contributed by atoms with Crippen LogP contribution in [0.3, 0.4) is 0 Å². The van der Waals surface area contributed by atoms with Gasteiger partial charge >= 0.3 is 0 Å². The molecule has 94 valence electrons. The van der Waals surface area contributed by atoms with Crippen molar-refractivity contribution in [2.24, 2.45) is 11.8 Å². The summed E-state index contributed by atoms with van der Waals surface area (Å²) in [4.78, 5) is 3.96. The zero-order valence-electron chi connectivity index (χ0n) is 9.90. The maximum atomic E-state index is 9.24. The Morgan fingerprint density at radius 3 is 3.00 bits per heavy atom. The lowest BCUT2D eigenvalue weighted by Crippen LogP contribution is -2.26. The molecule has 1 aliphatic carbocycles. The van der Waals surface area contributed by atoms with Gasteiger partial charge in [0.1, 0.15) is 0 Å². The van der Waals surface area contributed by atoms with Gasteiger partial charge in [-0.05, 0) is 42.9 Å². The van der Waals surface area contributed by atoms with Crippen LogP contribution in [0.25, 0.3) is 0 Å². The van der Waals surface area contributed by atoms with Crippen LogP contribution in [0.2, 0.25) is 5.02 Å². The van der Waals surface area contributed by atoms with E-state index in [0.717, 1.165) is 18.7 Å². The number of halogens is 1. The molecule has 0 aliphatic heterocycles. The van der Waals surface area contributed by atoms with Gasteiger partial charge < -0.3 is 10.4 Å². The number of hydrogen-bond acceptors (Lipinski definition) is 3. The van der Waals surface area contributed by atoms with Crippen molar-refractivity contribution < 1.29 is 5.11 Å². The molecule has 2 unspecified atom stereocenters. The van der Waals surface area contributed by atoms with Crippen molar-refractivity contribution in [1.29, 1.82) is 0 Å². The Balaban J connectivity index is 1.78. The average Bonchev–Trinajstić information content (AvgIpc) is 2.79. The molecule has 2 rings (SSSR count). The van der Waals surface area contributed by atoms with Crippen LogP contribution in [0.15, 0.2) is 18.5 Å². The second-order valence-corrected chi connectivity index (χ2v) is 5.14. The van der Waals surface area contributed by atoms with Gasteiger partial charge in [0.05, 0.1) is 5.02 Å². The number of aliphatic hydroxyl groups excluding tert-OH is 1. The molecule has 0 saturated heterocycles. The summed E-state index contributed by atoms with van der Waals surface area (Å²) < 4.78 is 0. The van der Waals surface area contributed by atoms with E-state index in [2.05, 4.69) is 10.3 Å². The number of aliphatic hydroxyl groups is 1. The van der Waals surface area contributed by atoms with Crippen LogP contribution < -0.4 is 5.32 Å². The Kier molecular flexibility index (Phi) is 4.77. The zero-order chi connectivity index (χ0) is 12.1. The summed E-state index contributed by atoms with van der Waals surface area (Å²) in [5, 5.41) is 13.4. The summed E-state index contributed by atoms with van der Waals surface area (Å²) in [6.45, 7) is 2.06. The molecule has 3 nitrogen and oxygen atoms in total. The van der Waals surface area contributed by atoms with E-state index in [1.165, 1.54) is 19.3 Å². The highest BCUT2D eigenvalue weighted by Gasteiger charge is 2.25. The molecule has 1 aromatic rings. The van der Waals surface area contributed by atoms with Crippen molar-refractivity contribution in [3.8, 4) is 0 Å². The van der Waals surface area contributed by atoms with Gasteiger partial charge in [0, 0.05) is 25.5 Å². The van der Waals surface area contributed by atoms with Gasteiger partial charge in [-0.15, -0.1) is 0 Å². The van der Waals surface area contributed by atoms with Gasteiger partial charge in [-0.1, -0.05) is 18.0 Å². The largest absolute Gasteiger partial charge is 0.396 e.